The summed E-state index contributed by atoms with van der Waals surface area (Å²) < 4.78 is 5.59. The number of aryl methyl sites for hydroxylation is 1. The molecule has 4 aromatic rings. The maximum absolute atomic E-state index is 5.59. The lowest BCUT2D eigenvalue weighted by Crippen LogP contribution is -2.19. The number of benzene rings is 2. The standard InChI is InChI=1S/C23H22N4O/c1-16-4-7-18(8-5-16)22-25-23(28-26-22)20-10-12-27(15-20)14-17-6-9-21-19(13-17)3-2-11-24-21/h2-9,11,13,20H,10,12,14-15H2,1H3/t20-/m1/s1. The molecule has 0 unspecified atom stereocenters. The largest absolute Gasteiger partial charge is 0.339 e. The van der Waals surface area contributed by atoms with Gasteiger partial charge >= 0.3 is 0 Å². The molecule has 5 heteroatoms. The SMILES string of the molecule is Cc1ccc(-c2noc([C@@H]3CCN(Cc4ccc5ncccc5c4)C3)n2)cc1. The summed E-state index contributed by atoms with van der Waals surface area (Å²) in [5, 5.41) is 5.38. The van der Waals surface area contributed by atoms with Crippen LogP contribution in [-0.4, -0.2) is 33.1 Å². The van der Waals surface area contributed by atoms with Crippen LogP contribution in [0.4, 0.5) is 0 Å². The van der Waals surface area contributed by atoms with E-state index in [2.05, 4.69) is 63.3 Å². The van der Waals surface area contributed by atoms with Crippen LogP contribution >= 0.6 is 0 Å². The molecule has 0 N–H and O–H groups in total. The normalized spacial score (nSPS) is 17.4. The zero-order chi connectivity index (χ0) is 18.9. The molecule has 1 aliphatic rings. The molecule has 0 aliphatic carbocycles. The van der Waals surface area contributed by atoms with Crippen LogP contribution < -0.4 is 0 Å². The third kappa shape index (κ3) is 3.41. The van der Waals surface area contributed by atoms with E-state index in [0.29, 0.717) is 11.7 Å². The van der Waals surface area contributed by atoms with E-state index < -0.39 is 0 Å². The number of pyridine rings is 1. The Morgan fingerprint density at radius 3 is 2.89 bits per heavy atom. The molecule has 0 spiro atoms. The fraction of sp³-hybridized carbons (Fsp3) is 0.261. The highest BCUT2D eigenvalue weighted by molar-refractivity contribution is 5.78. The number of aromatic nitrogens is 3. The Kier molecular flexibility index (Phi) is 4.37. The molecule has 1 fully saturated rings. The first-order valence-corrected chi connectivity index (χ1v) is 9.71. The maximum atomic E-state index is 5.59. The number of hydrogen-bond acceptors (Lipinski definition) is 5. The second-order valence-corrected chi connectivity index (χ2v) is 7.57. The van der Waals surface area contributed by atoms with Gasteiger partial charge in [0, 0.05) is 30.2 Å². The van der Waals surface area contributed by atoms with Gasteiger partial charge in [0.2, 0.25) is 11.7 Å². The predicted octanol–water partition coefficient (Wildman–Crippen LogP) is 4.58. The van der Waals surface area contributed by atoms with Crippen LogP contribution in [0.2, 0.25) is 0 Å². The molecular weight excluding hydrogens is 348 g/mol. The fourth-order valence-corrected chi connectivity index (χ4v) is 3.88. The summed E-state index contributed by atoms with van der Waals surface area (Å²) in [6.07, 6.45) is 2.88. The van der Waals surface area contributed by atoms with Gasteiger partial charge in [-0.3, -0.25) is 9.88 Å². The topological polar surface area (TPSA) is 55.1 Å². The van der Waals surface area contributed by atoms with Gasteiger partial charge in [-0.05, 0) is 43.7 Å². The first-order valence-electron chi connectivity index (χ1n) is 9.71. The smallest absolute Gasteiger partial charge is 0.231 e. The molecule has 2 aromatic heterocycles. The Bertz CT molecular complexity index is 1100. The van der Waals surface area contributed by atoms with E-state index in [1.165, 1.54) is 16.5 Å². The summed E-state index contributed by atoms with van der Waals surface area (Å²) in [6, 6.07) is 18.8. The minimum absolute atomic E-state index is 0.300. The van der Waals surface area contributed by atoms with Crippen molar-refractivity contribution in [1.82, 2.24) is 20.0 Å². The van der Waals surface area contributed by atoms with Gasteiger partial charge in [-0.2, -0.15) is 4.98 Å². The molecule has 1 atom stereocenters. The number of nitrogens with zero attached hydrogens (tertiary/aromatic N) is 4. The summed E-state index contributed by atoms with van der Waals surface area (Å²) in [4.78, 5) is 11.5. The van der Waals surface area contributed by atoms with Crippen molar-refractivity contribution < 1.29 is 4.52 Å². The van der Waals surface area contributed by atoms with Crippen LogP contribution in [0, 0.1) is 6.92 Å². The quantitative estimate of drug-likeness (QED) is 0.526. The van der Waals surface area contributed by atoms with Crippen molar-refractivity contribution in [2.75, 3.05) is 13.1 Å². The van der Waals surface area contributed by atoms with Gasteiger partial charge in [-0.1, -0.05) is 47.1 Å². The van der Waals surface area contributed by atoms with E-state index in [1.54, 1.807) is 0 Å². The van der Waals surface area contributed by atoms with E-state index in [0.717, 1.165) is 43.0 Å². The monoisotopic (exact) mass is 370 g/mol. The van der Waals surface area contributed by atoms with Gasteiger partial charge in [0.15, 0.2) is 0 Å². The van der Waals surface area contributed by atoms with Crippen molar-refractivity contribution in [3.63, 3.8) is 0 Å². The van der Waals surface area contributed by atoms with Crippen LogP contribution in [0.3, 0.4) is 0 Å². The van der Waals surface area contributed by atoms with Crippen molar-refractivity contribution >= 4 is 10.9 Å². The molecule has 1 saturated heterocycles. The second kappa shape index (κ2) is 7.17. The summed E-state index contributed by atoms with van der Waals surface area (Å²) >= 11 is 0. The van der Waals surface area contributed by atoms with Crippen LogP contribution in [0.5, 0.6) is 0 Å². The zero-order valence-electron chi connectivity index (χ0n) is 15.9. The fourth-order valence-electron chi connectivity index (χ4n) is 3.88. The highest BCUT2D eigenvalue weighted by atomic mass is 16.5. The highest BCUT2D eigenvalue weighted by Gasteiger charge is 2.28. The zero-order valence-corrected chi connectivity index (χ0v) is 15.9. The van der Waals surface area contributed by atoms with Crippen molar-refractivity contribution in [2.24, 2.45) is 0 Å². The molecule has 1 aliphatic heterocycles. The number of fused-ring (bicyclic) bond motifs is 1. The number of hydrogen-bond donors (Lipinski definition) is 0. The Balaban J connectivity index is 1.27. The lowest BCUT2D eigenvalue weighted by molar-refractivity contribution is 0.309. The van der Waals surface area contributed by atoms with Crippen LogP contribution in [0.1, 0.15) is 29.4 Å². The molecule has 0 radical (unpaired) electrons. The minimum atomic E-state index is 0.300. The lowest BCUT2D eigenvalue weighted by Gasteiger charge is -2.15. The van der Waals surface area contributed by atoms with Gasteiger partial charge < -0.3 is 4.52 Å². The Morgan fingerprint density at radius 1 is 1.11 bits per heavy atom. The van der Waals surface area contributed by atoms with Crippen LogP contribution in [0.25, 0.3) is 22.3 Å². The van der Waals surface area contributed by atoms with E-state index in [-0.39, 0.29) is 0 Å². The van der Waals surface area contributed by atoms with Crippen molar-refractivity contribution in [1.29, 1.82) is 0 Å². The maximum Gasteiger partial charge on any atom is 0.231 e. The van der Waals surface area contributed by atoms with Gasteiger partial charge in [0.05, 0.1) is 11.4 Å². The Hall–Kier alpha value is -3.05. The predicted molar refractivity (Wildman–Crippen MR) is 109 cm³/mol. The van der Waals surface area contributed by atoms with Gasteiger partial charge in [-0.15, -0.1) is 0 Å². The molecule has 0 bridgehead atoms. The Morgan fingerprint density at radius 2 is 2.00 bits per heavy atom. The van der Waals surface area contributed by atoms with Crippen LogP contribution in [0.15, 0.2) is 65.3 Å². The van der Waals surface area contributed by atoms with Gasteiger partial charge in [-0.25, -0.2) is 0 Å². The lowest BCUT2D eigenvalue weighted by atomic mass is 10.1. The first kappa shape index (κ1) is 17.1. The second-order valence-electron chi connectivity index (χ2n) is 7.57. The van der Waals surface area contributed by atoms with E-state index >= 15 is 0 Å². The minimum Gasteiger partial charge on any atom is -0.339 e. The summed E-state index contributed by atoms with van der Waals surface area (Å²) in [5.74, 6) is 1.73. The average molecular weight is 370 g/mol. The van der Waals surface area contributed by atoms with Gasteiger partial charge in [0.1, 0.15) is 0 Å². The molecule has 140 valence electrons. The number of rotatable bonds is 4. The highest BCUT2D eigenvalue weighted by Crippen LogP contribution is 2.29. The van der Waals surface area contributed by atoms with E-state index in [9.17, 15) is 0 Å². The van der Waals surface area contributed by atoms with E-state index in [1.807, 2.05) is 24.4 Å². The van der Waals surface area contributed by atoms with E-state index in [4.69, 9.17) is 4.52 Å². The average Bonchev–Trinajstić information content (AvgIpc) is 3.38. The first-order chi connectivity index (χ1) is 13.7. The molecule has 3 heterocycles. The molecular formula is C23H22N4O. The van der Waals surface area contributed by atoms with Crippen molar-refractivity contribution in [2.45, 2.75) is 25.8 Å². The summed E-state index contributed by atoms with van der Waals surface area (Å²) in [6.45, 7) is 4.99. The molecule has 0 amide bonds. The number of likely N-dealkylation sites (tertiary alicyclic amines) is 1. The Labute approximate surface area is 164 Å². The third-order valence-electron chi connectivity index (χ3n) is 5.45. The third-order valence-corrected chi connectivity index (χ3v) is 5.45. The molecule has 0 saturated carbocycles. The van der Waals surface area contributed by atoms with Crippen molar-refractivity contribution in [3.8, 4) is 11.4 Å². The molecule has 5 nitrogen and oxygen atoms in total. The molecule has 5 rings (SSSR count). The summed E-state index contributed by atoms with van der Waals surface area (Å²) in [7, 11) is 0. The summed E-state index contributed by atoms with van der Waals surface area (Å²) in [5.41, 5.74) is 4.58. The van der Waals surface area contributed by atoms with Crippen molar-refractivity contribution in [3.05, 3.63) is 77.8 Å². The molecule has 2 aromatic carbocycles. The molecule has 28 heavy (non-hydrogen) atoms. The van der Waals surface area contributed by atoms with Gasteiger partial charge in [0.25, 0.3) is 0 Å². The van der Waals surface area contributed by atoms with Crippen LogP contribution in [-0.2, 0) is 6.54 Å².